The molecule has 1 fully saturated rings. The summed E-state index contributed by atoms with van der Waals surface area (Å²) in [5.41, 5.74) is 2.42. The normalized spacial score (nSPS) is 13.7. The van der Waals surface area contributed by atoms with Crippen LogP contribution in [0.3, 0.4) is 0 Å². The molecule has 4 aromatic rings. The minimum atomic E-state index is 0.00882. The molecule has 1 saturated heterocycles. The van der Waals surface area contributed by atoms with Gasteiger partial charge in [0.1, 0.15) is 23.8 Å². The topological polar surface area (TPSA) is 92.1 Å². The number of benzene rings is 1. The Morgan fingerprint density at radius 3 is 2.45 bits per heavy atom. The Labute approximate surface area is 191 Å². The van der Waals surface area contributed by atoms with E-state index in [0.29, 0.717) is 37.6 Å². The Morgan fingerprint density at radius 1 is 0.909 bits per heavy atom. The number of carbonyl (C=O) groups is 1. The van der Waals surface area contributed by atoms with Crippen molar-refractivity contribution in [2.24, 2.45) is 0 Å². The lowest BCUT2D eigenvalue weighted by Gasteiger charge is -2.35. The van der Waals surface area contributed by atoms with Gasteiger partial charge in [0.2, 0.25) is 0 Å². The van der Waals surface area contributed by atoms with Gasteiger partial charge in [-0.2, -0.15) is 5.10 Å². The number of amides is 1. The summed E-state index contributed by atoms with van der Waals surface area (Å²) in [6.07, 6.45) is 4.93. The number of aromatic nitrogens is 5. The maximum absolute atomic E-state index is 13.2. The van der Waals surface area contributed by atoms with Gasteiger partial charge in [0, 0.05) is 38.4 Å². The van der Waals surface area contributed by atoms with Crippen LogP contribution >= 0.6 is 0 Å². The average Bonchev–Trinajstić information content (AvgIpc) is 3.26. The predicted octanol–water partition coefficient (Wildman–Crippen LogP) is 3.07. The second-order valence-corrected chi connectivity index (χ2v) is 7.77. The number of hydrogen-bond donors (Lipinski definition) is 1. The average molecular weight is 441 g/mol. The summed E-state index contributed by atoms with van der Waals surface area (Å²) < 4.78 is 1.81. The van der Waals surface area contributed by atoms with E-state index in [9.17, 15) is 4.79 Å². The van der Waals surface area contributed by atoms with Gasteiger partial charge >= 0.3 is 0 Å². The van der Waals surface area contributed by atoms with Gasteiger partial charge in [-0.3, -0.25) is 4.79 Å². The molecule has 1 aliphatic rings. The molecule has 0 unspecified atom stereocenters. The lowest BCUT2D eigenvalue weighted by Crippen LogP contribution is -2.49. The number of nitrogens with one attached hydrogen (secondary N) is 1. The van der Waals surface area contributed by atoms with E-state index in [-0.39, 0.29) is 5.91 Å². The summed E-state index contributed by atoms with van der Waals surface area (Å²) >= 11 is 0. The van der Waals surface area contributed by atoms with Crippen molar-refractivity contribution in [3.8, 4) is 5.69 Å². The Morgan fingerprint density at radius 2 is 1.70 bits per heavy atom. The van der Waals surface area contributed by atoms with Crippen LogP contribution < -0.4 is 10.2 Å². The standard InChI is InChI=1S/C24H24N8O/c1-18-20(16-28-32(18)19-7-3-2-4-8-19)24(33)31-13-11-30(12-14-31)23-15-22(26-17-27-23)29-21-9-5-6-10-25-21/h2-10,15-17H,11-14H2,1H3,(H,25,26,27,29). The number of hydrogen-bond acceptors (Lipinski definition) is 7. The minimum Gasteiger partial charge on any atom is -0.353 e. The summed E-state index contributed by atoms with van der Waals surface area (Å²) in [4.78, 5) is 30.2. The van der Waals surface area contributed by atoms with Crippen molar-refractivity contribution in [1.82, 2.24) is 29.6 Å². The number of para-hydroxylation sites is 1. The van der Waals surface area contributed by atoms with E-state index in [4.69, 9.17) is 0 Å². The van der Waals surface area contributed by atoms with Gasteiger partial charge in [0.15, 0.2) is 0 Å². The van der Waals surface area contributed by atoms with Crippen molar-refractivity contribution in [1.29, 1.82) is 0 Å². The van der Waals surface area contributed by atoms with E-state index in [2.05, 4.69) is 30.3 Å². The molecule has 0 bridgehead atoms. The zero-order valence-corrected chi connectivity index (χ0v) is 18.3. The van der Waals surface area contributed by atoms with Crippen molar-refractivity contribution in [3.05, 3.63) is 84.6 Å². The summed E-state index contributed by atoms with van der Waals surface area (Å²) in [6, 6.07) is 17.4. The molecule has 0 aliphatic carbocycles. The molecule has 0 spiro atoms. The molecular formula is C24H24N8O. The van der Waals surface area contributed by atoms with Crippen LogP contribution in [-0.4, -0.2) is 61.7 Å². The molecule has 33 heavy (non-hydrogen) atoms. The molecule has 9 heteroatoms. The summed E-state index contributed by atoms with van der Waals surface area (Å²) in [5.74, 6) is 2.24. The van der Waals surface area contributed by atoms with Gasteiger partial charge < -0.3 is 15.1 Å². The lowest BCUT2D eigenvalue weighted by atomic mass is 10.2. The predicted molar refractivity (Wildman–Crippen MR) is 126 cm³/mol. The smallest absolute Gasteiger partial charge is 0.257 e. The zero-order chi connectivity index (χ0) is 22.6. The molecule has 166 valence electrons. The van der Waals surface area contributed by atoms with E-state index in [1.807, 2.05) is 66.4 Å². The van der Waals surface area contributed by atoms with E-state index >= 15 is 0 Å². The fourth-order valence-electron chi connectivity index (χ4n) is 3.91. The van der Waals surface area contributed by atoms with Crippen molar-refractivity contribution >= 4 is 23.4 Å². The second kappa shape index (κ2) is 9.07. The first kappa shape index (κ1) is 20.6. The highest BCUT2D eigenvalue weighted by Crippen LogP contribution is 2.21. The van der Waals surface area contributed by atoms with Crippen LogP contribution in [0.4, 0.5) is 17.5 Å². The monoisotopic (exact) mass is 440 g/mol. The fourth-order valence-corrected chi connectivity index (χ4v) is 3.91. The highest BCUT2D eigenvalue weighted by atomic mass is 16.2. The Kier molecular flexibility index (Phi) is 5.67. The molecule has 0 atom stereocenters. The van der Waals surface area contributed by atoms with E-state index < -0.39 is 0 Å². The molecule has 0 saturated carbocycles. The van der Waals surface area contributed by atoms with Gasteiger partial charge in [0.05, 0.1) is 23.1 Å². The third kappa shape index (κ3) is 4.38. The van der Waals surface area contributed by atoms with Crippen LogP contribution in [0, 0.1) is 6.92 Å². The van der Waals surface area contributed by atoms with Crippen molar-refractivity contribution in [2.45, 2.75) is 6.92 Å². The van der Waals surface area contributed by atoms with Gasteiger partial charge in [-0.25, -0.2) is 19.6 Å². The van der Waals surface area contributed by atoms with Crippen LogP contribution in [0.5, 0.6) is 0 Å². The van der Waals surface area contributed by atoms with Crippen LogP contribution in [0.25, 0.3) is 5.69 Å². The molecular weight excluding hydrogens is 416 g/mol. The molecule has 5 rings (SSSR count). The maximum atomic E-state index is 13.2. The van der Waals surface area contributed by atoms with Gasteiger partial charge in [-0.1, -0.05) is 24.3 Å². The number of anilines is 3. The number of piperazine rings is 1. The first-order valence-electron chi connectivity index (χ1n) is 10.8. The van der Waals surface area contributed by atoms with Gasteiger partial charge in [-0.15, -0.1) is 0 Å². The third-order valence-electron chi connectivity index (χ3n) is 5.71. The SMILES string of the molecule is Cc1c(C(=O)N2CCN(c3cc(Nc4ccccn4)ncn3)CC2)cnn1-c1ccccc1. The quantitative estimate of drug-likeness (QED) is 0.510. The number of pyridine rings is 1. The fraction of sp³-hybridized carbons (Fsp3) is 0.208. The zero-order valence-electron chi connectivity index (χ0n) is 18.3. The molecule has 1 N–H and O–H groups in total. The highest BCUT2D eigenvalue weighted by Gasteiger charge is 2.26. The van der Waals surface area contributed by atoms with Crippen LogP contribution in [0.15, 0.2) is 73.3 Å². The summed E-state index contributed by atoms with van der Waals surface area (Å²) in [6.45, 7) is 4.54. The first-order chi connectivity index (χ1) is 16.2. The van der Waals surface area contributed by atoms with Crippen LogP contribution in [0.1, 0.15) is 16.1 Å². The van der Waals surface area contributed by atoms with E-state index in [1.54, 1.807) is 23.4 Å². The molecule has 0 radical (unpaired) electrons. The van der Waals surface area contributed by atoms with Crippen molar-refractivity contribution in [3.63, 3.8) is 0 Å². The highest BCUT2D eigenvalue weighted by molar-refractivity contribution is 5.95. The second-order valence-electron chi connectivity index (χ2n) is 7.77. The largest absolute Gasteiger partial charge is 0.353 e. The molecule has 9 nitrogen and oxygen atoms in total. The summed E-state index contributed by atoms with van der Waals surface area (Å²) in [5, 5.41) is 7.63. The molecule has 4 heterocycles. The van der Waals surface area contributed by atoms with Gasteiger partial charge in [-0.05, 0) is 31.2 Å². The number of nitrogens with zero attached hydrogens (tertiary/aromatic N) is 7. The molecule has 3 aromatic heterocycles. The molecule has 1 amide bonds. The van der Waals surface area contributed by atoms with Crippen molar-refractivity contribution < 1.29 is 4.79 Å². The van der Waals surface area contributed by atoms with Gasteiger partial charge in [0.25, 0.3) is 5.91 Å². The lowest BCUT2D eigenvalue weighted by molar-refractivity contribution is 0.0745. The first-order valence-corrected chi connectivity index (χ1v) is 10.8. The molecule has 1 aromatic carbocycles. The summed E-state index contributed by atoms with van der Waals surface area (Å²) in [7, 11) is 0. The van der Waals surface area contributed by atoms with Crippen LogP contribution in [0.2, 0.25) is 0 Å². The van der Waals surface area contributed by atoms with E-state index in [0.717, 1.165) is 23.0 Å². The minimum absolute atomic E-state index is 0.00882. The number of rotatable bonds is 5. The Balaban J connectivity index is 1.24. The Bertz CT molecular complexity index is 1230. The third-order valence-corrected chi connectivity index (χ3v) is 5.71. The van der Waals surface area contributed by atoms with E-state index in [1.165, 1.54) is 0 Å². The molecule has 1 aliphatic heterocycles. The Hall–Kier alpha value is -4.27. The van der Waals surface area contributed by atoms with Crippen LogP contribution in [-0.2, 0) is 0 Å². The van der Waals surface area contributed by atoms with Crippen molar-refractivity contribution in [2.75, 3.05) is 36.4 Å². The number of carbonyl (C=O) groups excluding carboxylic acids is 1. The maximum Gasteiger partial charge on any atom is 0.257 e.